The lowest BCUT2D eigenvalue weighted by atomic mass is 10.2. The molecule has 1 aromatic carbocycles. The summed E-state index contributed by atoms with van der Waals surface area (Å²) < 4.78 is 0. The average molecular weight is 241 g/mol. The Kier molecular flexibility index (Phi) is 3.57. The molecule has 92 valence electrons. The third-order valence-corrected chi connectivity index (χ3v) is 2.59. The molecule has 0 aliphatic rings. The molecule has 0 bridgehead atoms. The number of pyridine rings is 1. The van der Waals surface area contributed by atoms with E-state index in [4.69, 9.17) is 0 Å². The van der Waals surface area contributed by atoms with E-state index in [2.05, 4.69) is 15.6 Å². The van der Waals surface area contributed by atoms with Crippen molar-refractivity contribution in [3.63, 3.8) is 0 Å². The molecule has 1 aromatic heterocycles. The molecule has 2 N–H and O–H groups in total. The second-order valence-electron chi connectivity index (χ2n) is 3.94. The lowest BCUT2D eigenvalue weighted by Gasteiger charge is -2.10. The second kappa shape index (κ2) is 5.31. The fourth-order valence-corrected chi connectivity index (χ4v) is 1.67. The highest BCUT2D eigenvalue weighted by Crippen LogP contribution is 2.17. The standard InChI is InChI=1S/C14H15N3O/c1-10-8-13(15-2)12(9-16-10)14(18)17-11-6-4-3-5-7-11/h3-9H,1-2H3,(H,15,16)(H,17,18). The molecule has 0 radical (unpaired) electrons. The van der Waals surface area contributed by atoms with Crippen molar-refractivity contribution >= 4 is 17.3 Å². The van der Waals surface area contributed by atoms with Gasteiger partial charge < -0.3 is 10.6 Å². The lowest BCUT2D eigenvalue weighted by molar-refractivity contribution is 0.102. The van der Waals surface area contributed by atoms with Crippen molar-refractivity contribution in [3.05, 3.63) is 53.9 Å². The zero-order chi connectivity index (χ0) is 13.0. The molecule has 0 saturated carbocycles. The minimum absolute atomic E-state index is 0.168. The number of carbonyl (C=O) groups is 1. The van der Waals surface area contributed by atoms with E-state index in [1.807, 2.05) is 43.3 Å². The first kappa shape index (κ1) is 12.1. The third kappa shape index (κ3) is 2.66. The highest BCUT2D eigenvalue weighted by atomic mass is 16.1. The van der Waals surface area contributed by atoms with Crippen molar-refractivity contribution < 1.29 is 4.79 Å². The Bertz CT molecular complexity index is 552. The van der Waals surface area contributed by atoms with Crippen LogP contribution < -0.4 is 10.6 Å². The van der Waals surface area contributed by atoms with Crippen LogP contribution in [0.1, 0.15) is 16.1 Å². The van der Waals surface area contributed by atoms with Gasteiger partial charge in [0.1, 0.15) is 0 Å². The van der Waals surface area contributed by atoms with Gasteiger partial charge in [-0.15, -0.1) is 0 Å². The fourth-order valence-electron chi connectivity index (χ4n) is 1.67. The van der Waals surface area contributed by atoms with E-state index in [0.29, 0.717) is 5.56 Å². The minimum Gasteiger partial charge on any atom is -0.387 e. The molecule has 0 aliphatic carbocycles. The number of benzene rings is 1. The van der Waals surface area contributed by atoms with Gasteiger partial charge in [-0.1, -0.05) is 18.2 Å². The molecule has 0 unspecified atom stereocenters. The van der Waals surface area contributed by atoms with Gasteiger partial charge in [0.2, 0.25) is 0 Å². The van der Waals surface area contributed by atoms with Crippen molar-refractivity contribution in [2.24, 2.45) is 0 Å². The first-order chi connectivity index (χ1) is 8.70. The number of hydrogen-bond acceptors (Lipinski definition) is 3. The van der Waals surface area contributed by atoms with Gasteiger partial charge in [0.15, 0.2) is 0 Å². The number of para-hydroxylation sites is 1. The molecule has 1 amide bonds. The Balaban J connectivity index is 2.24. The largest absolute Gasteiger partial charge is 0.387 e. The van der Waals surface area contributed by atoms with E-state index in [9.17, 15) is 4.79 Å². The van der Waals surface area contributed by atoms with E-state index in [0.717, 1.165) is 17.1 Å². The maximum atomic E-state index is 12.1. The zero-order valence-electron chi connectivity index (χ0n) is 10.4. The van der Waals surface area contributed by atoms with Crippen LogP contribution >= 0.6 is 0 Å². The molecule has 0 spiro atoms. The summed E-state index contributed by atoms with van der Waals surface area (Å²) in [5, 5.41) is 5.84. The van der Waals surface area contributed by atoms with Gasteiger partial charge in [-0.2, -0.15) is 0 Å². The maximum absolute atomic E-state index is 12.1. The molecule has 4 nitrogen and oxygen atoms in total. The molecule has 0 atom stereocenters. The van der Waals surface area contributed by atoms with Crippen molar-refractivity contribution in [2.45, 2.75) is 6.92 Å². The smallest absolute Gasteiger partial charge is 0.259 e. The summed E-state index contributed by atoms with van der Waals surface area (Å²) in [4.78, 5) is 16.3. The summed E-state index contributed by atoms with van der Waals surface area (Å²) in [6.45, 7) is 1.89. The van der Waals surface area contributed by atoms with E-state index < -0.39 is 0 Å². The van der Waals surface area contributed by atoms with E-state index in [1.165, 1.54) is 0 Å². The van der Waals surface area contributed by atoms with E-state index in [1.54, 1.807) is 13.2 Å². The number of nitrogens with zero attached hydrogens (tertiary/aromatic N) is 1. The molecule has 0 fully saturated rings. The van der Waals surface area contributed by atoms with Crippen molar-refractivity contribution in [3.8, 4) is 0 Å². The van der Waals surface area contributed by atoms with Crippen LogP contribution in [0.5, 0.6) is 0 Å². The van der Waals surface area contributed by atoms with Gasteiger partial charge in [-0.3, -0.25) is 9.78 Å². The molecule has 0 saturated heterocycles. The summed E-state index contributed by atoms with van der Waals surface area (Å²) in [5.74, 6) is -0.168. The van der Waals surface area contributed by atoms with E-state index >= 15 is 0 Å². The summed E-state index contributed by atoms with van der Waals surface area (Å²) in [7, 11) is 1.79. The number of carbonyl (C=O) groups excluding carboxylic acids is 1. The van der Waals surface area contributed by atoms with Crippen LogP contribution in [-0.2, 0) is 0 Å². The lowest BCUT2D eigenvalue weighted by Crippen LogP contribution is -2.14. The zero-order valence-corrected chi connectivity index (χ0v) is 10.4. The van der Waals surface area contributed by atoms with Crippen LogP contribution in [0.3, 0.4) is 0 Å². The maximum Gasteiger partial charge on any atom is 0.259 e. The Morgan fingerprint density at radius 2 is 1.94 bits per heavy atom. The van der Waals surface area contributed by atoms with Gasteiger partial charge >= 0.3 is 0 Å². The Labute approximate surface area is 106 Å². The second-order valence-corrected chi connectivity index (χ2v) is 3.94. The van der Waals surface area contributed by atoms with Crippen LogP contribution in [0, 0.1) is 6.92 Å². The highest BCUT2D eigenvalue weighted by molar-refractivity contribution is 6.07. The number of rotatable bonds is 3. The number of aromatic nitrogens is 1. The van der Waals surface area contributed by atoms with Gasteiger partial charge in [-0.05, 0) is 25.1 Å². The number of aryl methyl sites for hydroxylation is 1. The predicted octanol–water partition coefficient (Wildman–Crippen LogP) is 2.68. The minimum atomic E-state index is -0.168. The molecule has 2 aromatic rings. The predicted molar refractivity (Wildman–Crippen MR) is 72.9 cm³/mol. The van der Waals surface area contributed by atoms with Crippen molar-refractivity contribution in [2.75, 3.05) is 17.7 Å². The molecule has 0 aliphatic heterocycles. The van der Waals surface area contributed by atoms with Crippen LogP contribution in [0.2, 0.25) is 0 Å². The summed E-state index contributed by atoms with van der Waals surface area (Å²) in [6, 6.07) is 11.2. The quantitative estimate of drug-likeness (QED) is 0.868. The average Bonchev–Trinajstić information content (AvgIpc) is 2.39. The first-order valence-corrected chi connectivity index (χ1v) is 5.71. The third-order valence-electron chi connectivity index (χ3n) is 2.59. The molecule has 2 rings (SSSR count). The van der Waals surface area contributed by atoms with Gasteiger partial charge in [0.05, 0.1) is 11.3 Å². The normalized spacial score (nSPS) is 9.89. The fraction of sp³-hybridized carbons (Fsp3) is 0.143. The molecular weight excluding hydrogens is 226 g/mol. The number of hydrogen-bond donors (Lipinski definition) is 2. The summed E-state index contributed by atoms with van der Waals surface area (Å²) >= 11 is 0. The van der Waals surface area contributed by atoms with Crippen LogP contribution in [-0.4, -0.2) is 17.9 Å². The van der Waals surface area contributed by atoms with Crippen LogP contribution in [0.15, 0.2) is 42.6 Å². The van der Waals surface area contributed by atoms with Gasteiger partial charge in [0, 0.05) is 24.6 Å². The number of amides is 1. The summed E-state index contributed by atoms with van der Waals surface area (Å²) in [5.41, 5.74) is 2.95. The van der Waals surface area contributed by atoms with Crippen LogP contribution in [0.25, 0.3) is 0 Å². The molecule has 18 heavy (non-hydrogen) atoms. The Morgan fingerprint density at radius 3 is 2.61 bits per heavy atom. The van der Waals surface area contributed by atoms with Gasteiger partial charge in [-0.25, -0.2) is 0 Å². The Morgan fingerprint density at radius 1 is 1.22 bits per heavy atom. The highest BCUT2D eigenvalue weighted by Gasteiger charge is 2.11. The monoisotopic (exact) mass is 241 g/mol. The van der Waals surface area contributed by atoms with Crippen molar-refractivity contribution in [1.29, 1.82) is 0 Å². The molecular formula is C14H15N3O. The van der Waals surface area contributed by atoms with Gasteiger partial charge in [0.25, 0.3) is 5.91 Å². The van der Waals surface area contributed by atoms with E-state index in [-0.39, 0.29) is 5.91 Å². The summed E-state index contributed by atoms with van der Waals surface area (Å²) in [6.07, 6.45) is 1.58. The molecule has 1 heterocycles. The number of nitrogens with one attached hydrogen (secondary N) is 2. The SMILES string of the molecule is CNc1cc(C)ncc1C(=O)Nc1ccccc1. The first-order valence-electron chi connectivity index (χ1n) is 5.71. The number of anilines is 2. The molecule has 4 heteroatoms. The Hall–Kier alpha value is -2.36. The van der Waals surface area contributed by atoms with Crippen LogP contribution in [0.4, 0.5) is 11.4 Å². The topological polar surface area (TPSA) is 54.0 Å². The van der Waals surface area contributed by atoms with Crippen molar-refractivity contribution in [1.82, 2.24) is 4.98 Å².